The maximum atomic E-state index is 12.1. The van der Waals surface area contributed by atoms with E-state index in [2.05, 4.69) is 22.5 Å². The molecular formula is C17H31N3O2. The van der Waals surface area contributed by atoms with Gasteiger partial charge in [-0.3, -0.25) is 0 Å². The molecule has 1 saturated heterocycles. The van der Waals surface area contributed by atoms with Gasteiger partial charge in [0.2, 0.25) is 0 Å². The van der Waals surface area contributed by atoms with E-state index in [4.69, 9.17) is 0 Å². The van der Waals surface area contributed by atoms with Crippen molar-refractivity contribution < 1.29 is 9.90 Å². The van der Waals surface area contributed by atoms with Gasteiger partial charge in [-0.05, 0) is 57.9 Å². The molecule has 1 heterocycles. The molecule has 0 aromatic heterocycles. The summed E-state index contributed by atoms with van der Waals surface area (Å²) >= 11 is 0. The Hall–Kier alpha value is -0.810. The summed E-state index contributed by atoms with van der Waals surface area (Å²) in [5.41, 5.74) is -0.0214. The second-order valence-electron chi connectivity index (χ2n) is 7.76. The molecule has 3 aliphatic rings. The molecule has 2 atom stereocenters. The maximum Gasteiger partial charge on any atom is 0.315 e. The lowest BCUT2D eigenvalue weighted by Crippen LogP contribution is -2.52. The predicted molar refractivity (Wildman–Crippen MR) is 86.7 cm³/mol. The summed E-state index contributed by atoms with van der Waals surface area (Å²) in [5, 5.41) is 15.3. The summed E-state index contributed by atoms with van der Waals surface area (Å²) in [6.45, 7) is 5.28. The molecule has 126 valence electrons. The van der Waals surface area contributed by atoms with Gasteiger partial charge in [0.05, 0.1) is 6.61 Å². The molecule has 2 amide bonds. The van der Waals surface area contributed by atoms with Crippen molar-refractivity contribution in [2.75, 3.05) is 26.2 Å². The molecule has 0 bridgehead atoms. The summed E-state index contributed by atoms with van der Waals surface area (Å²) in [4.78, 5) is 14.7. The Morgan fingerprint density at radius 3 is 2.68 bits per heavy atom. The Labute approximate surface area is 133 Å². The summed E-state index contributed by atoms with van der Waals surface area (Å²) < 4.78 is 0. The molecule has 2 aliphatic carbocycles. The molecule has 22 heavy (non-hydrogen) atoms. The monoisotopic (exact) mass is 309 g/mol. The van der Waals surface area contributed by atoms with Crippen molar-refractivity contribution in [3.8, 4) is 0 Å². The molecular weight excluding hydrogens is 278 g/mol. The summed E-state index contributed by atoms with van der Waals surface area (Å²) in [6, 6.07) is 0.947. The van der Waals surface area contributed by atoms with Gasteiger partial charge < -0.3 is 20.6 Å². The lowest BCUT2D eigenvalue weighted by molar-refractivity contribution is 0.0678. The topological polar surface area (TPSA) is 64.6 Å². The number of hydrogen-bond donors (Lipinski definition) is 3. The van der Waals surface area contributed by atoms with Gasteiger partial charge in [-0.25, -0.2) is 4.79 Å². The van der Waals surface area contributed by atoms with E-state index in [0.29, 0.717) is 12.5 Å². The summed E-state index contributed by atoms with van der Waals surface area (Å²) in [5.74, 6) is 0.563. The first-order valence-corrected chi connectivity index (χ1v) is 9.01. The van der Waals surface area contributed by atoms with Gasteiger partial charge in [-0.1, -0.05) is 6.42 Å². The number of nitrogens with zero attached hydrogens (tertiary/aromatic N) is 1. The Bertz CT molecular complexity index is 393. The van der Waals surface area contributed by atoms with Crippen LogP contribution in [0, 0.1) is 11.3 Å². The molecule has 0 radical (unpaired) electrons. The van der Waals surface area contributed by atoms with Crippen molar-refractivity contribution in [2.24, 2.45) is 11.3 Å². The number of urea groups is 1. The molecule has 3 rings (SSSR count). The second-order valence-corrected chi connectivity index (χ2v) is 7.76. The number of rotatable bonds is 6. The normalized spacial score (nSPS) is 29.5. The van der Waals surface area contributed by atoms with Gasteiger partial charge in [-0.2, -0.15) is 0 Å². The van der Waals surface area contributed by atoms with Crippen molar-refractivity contribution in [3.05, 3.63) is 0 Å². The number of aliphatic hydroxyl groups is 1. The van der Waals surface area contributed by atoms with Gasteiger partial charge in [0.1, 0.15) is 0 Å². The molecule has 0 aromatic rings. The van der Waals surface area contributed by atoms with Crippen molar-refractivity contribution in [1.82, 2.24) is 15.5 Å². The van der Waals surface area contributed by atoms with Gasteiger partial charge in [-0.15, -0.1) is 0 Å². The fourth-order valence-electron chi connectivity index (χ4n) is 3.74. The zero-order valence-corrected chi connectivity index (χ0v) is 13.8. The first-order valence-electron chi connectivity index (χ1n) is 9.01. The third-order valence-corrected chi connectivity index (χ3v) is 6.06. The van der Waals surface area contributed by atoms with Crippen LogP contribution in [0.2, 0.25) is 0 Å². The number of aliphatic hydroxyl groups excluding tert-OH is 1. The average molecular weight is 309 g/mol. The van der Waals surface area contributed by atoms with Crippen molar-refractivity contribution >= 4 is 6.03 Å². The fourth-order valence-corrected chi connectivity index (χ4v) is 3.74. The van der Waals surface area contributed by atoms with Crippen LogP contribution in [0.3, 0.4) is 0 Å². The van der Waals surface area contributed by atoms with E-state index < -0.39 is 0 Å². The molecule has 3 fully saturated rings. The SMILES string of the molecule is CC(NC(=O)NCC1(CO)CC1)C1CCCN(C2CCC2)C1. The third-order valence-electron chi connectivity index (χ3n) is 6.06. The molecule has 3 N–H and O–H groups in total. The molecule has 5 nitrogen and oxygen atoms in total. The quantitative estimate of drug-likeness (QED) is 0.700. The van der Waals surface area contributed by atoms with Crippen LogP contribution in [0.25, 0.3) is 0 Å². The van der Waals surface area contributed by atoms with Gasteiger partial charge in [0.25, 0.3) is 0 Å². The number of piperidine rings is 1. The van der Waals surface area contributed by atoms with Crippen LogP contribution in [-0.4, -0.2) is 54.4 Å². The summed E-state index contributed by atoms with van der Waals surface area (Å²) in [6.07, 6.45) is 8.62. The van der Waals surface area contributed by atoms with E-state index in [1.807, 2.05) is 0 Å². The van der Waals surface area contributed by atoms with E-state index in [9.17, 15) is 9.90 Å². The smallest absolute Gasteiger partial charge is 0.315 e. The fraction of sp³-hybridized carbons (Fsp3) is 0.941. The van der Waals surface area contributed by atoms with E-state index in [0.717, 1.165) is 25.4 Å². The molecule has 1 aliphatic heterocycles. The van der Waals surface area contributed by atoms with Gasteiger partial charge in [0, 0.05) is 30.6 Å². The lowest BCUT2D eigenvalue weighted by Gasteiger charge is -2.43. The maximum absolute atomic E-state index is 12.1. The largest absolute Gasteiger partial charge is 0.396 e. The number of amides is 2. The highest BCUT2D eigenvalue weighted by molar-refractivity contribution is 5.74. The van der Waals surface area contributed by atoms with Crippen LogP contribution in [0.15, 0.2) is 0 Å². The zero-order valence-electron chi connectivity index (χ0n) is 13.8. The standard InChI is InChI=1S/C17H31N3O2/c1-13(19-16(22)18-11-17(12-21)7-8-17)14-4-3-9-20(10-14)15-5-2-6-15/h13-15,21H,2-12H2,1H3,(H2,18,19,22). The van der Waals surface area contributed by atoms with Crippen molar-refractivity contribution in [1.29, 1.82) is 0 Å². The Kier molecular flexibility index (Phi) is 4.93. The van der Waals surface area contributed by atoms with Gasteiger partial charge >= 0.3 is 6.03 Å². The molecule has 2 unspecified atom stereocenters. The molecule has 2 saturated carbocycles. The number of carbonyl (C=O) groups excluding carboxylic acids is 1. The Morgan fingerprint density at radius 1 is 1.32 bits per heavy atom. The first kappa shape index (κ1) is 16.1. The van der Waals surface area contributed by atoms with Gasteiger partial charge in [0.15, 0.2) is 0 Å². The van der Waals surface area contributed by atoms with Crippen LogP contribution >= 0.6 is 0 Å². The molecule has 5 heteroatoms. The number of likely N-dealkylation sites (tertiary alicyclic amines) is 1. The van der Waals surface area contributed by atoms with E-state index in [1.165, 1.54) is 38.6 Å². The van der Waals surface area contributed by atoms with Crippen LogP contribution in [0.4, 0.5) is 4.79 Å². The van der Waals surface area contributed by atoms with Crippen molar-refractivity contribution in [2.45, 2.75) is 64.0 Å². The van der Waals surface area contributed by atoms with Crippen LogP contribution in [0.1, 0.15) is 51.9 Å². The number of nitrogens with one attached hydrogen (secondary N) is 2. The predicted octanol–water partition coefficient (Wildman–Crippen LogP) is 1.71. The number of carbonyl (C=O) groups is 1. The van der Waals surface area contributed by atoms with E-state index in [1.54, 1.807) is 0 Å². The molecule has 0 aromatic carbocycles. The van der Waals surface area contributed by atoms with Crippen LogP contribution in [-0.2, 0) is 0 Å². The van der Waals surface area contributed by atoms with Crippen LogP contribution < -0.4 is 10.6 Å². The zero-order chi connectivity index (χ0) is 15.6. The van der Waals surface area contributed by atoms with E-state index in [-0.39, 0.29) is 24.1 Å². The first-order chi connectivity index (χ1) is 10.6. The third kappa shape index (κ3) is 3.74. The molecule has 0 spiro atoms. The Balaban J connectivity index is 1.40. The lowest BCUT2D eigenvalue weighted by atomic mass is 9.86. The second kappa shape index (κ2) is 6.75. The highest BCUT2D eigenvalue weighted by Gasteiger charge is 2.42. The average Bonchev–Trinajstić information content (AvgIpc) is 3.24. The minimum atomic E-state index is -0.0759. The minimum absolute atomic E-state index is 0.0214. The minimum Gasteiger partial charge on any atom is -0.396 e. The van der Waals surface area contributed by atoms with Crippen LogP contribution in [0.5, 0.6) is 0 Å². The van der Waals surface area contributed by atoms with Crippen molar-refractivity contribution in [3.63, 3.8) is 0 Å². The number of hydrogen-bond acceptors (Lipinski definition) is 3. The highest BCUT2D eigenvalue weighted by atomic mass is 16.3. The Morgan fingerprint density at radius 2 is 2.09 bits per heavy atom. The van der Waals surface area contributed by atoms with E-state index >= 15 is 0 Å². The highest BCUT2D eigenvalue weighted by Crippen LogP contribution is 2.44. The summed E-state index contributed by atoms with van der Waals surface area (Å²) in [7, 11) is 0.